The summed E-state index contributed by atoms with van der Waals surface area (Å²) in [7, 11) is 1.79. The van der Waals surface area contributed by atoms with Gasteiger partial charge in [-0.2, -0.15) is 0 Å². The lowest BCUT2D eigenvalue weighted by molar-refractivity contribution is 0.0203. The van der Waals surface area contributed by atoms with Gasteiger partial charge in [0.2, 0.25) is 0 Å². The molecule has 1 saturated heterocycles. The molecular formula is C25H36IN3O3. The van der Waals surface area contributed by atoms with Gasteiger partial charge in [0.15, 0.2) is 5.96 Å². The maximum absolute atomic E-state index is 5.92. The summed E-state index contributed by atoms with van der Waals surface area (Å²) in [6, 6.07) is 18.2. The van der Waals surface area contributed by atoms with Gasteiger partial charge in [-0.3, -0.25) is 4.99 Å². The fraction of sp³-hybridized carbons (Fsp3) is 0.480. The van der Waals surface area contributed by atoms with Crippen LogP contribution in [0.4, 0.5) is 0 Å². The molecule has 0 radical (unpaired) electrons. The van der Waals surface area contributed by atoms with Crippen LogP contribution < -0.4 is 15.4 Å². The van der Waals surface area contributed by atoms with Gasteiger partial charge in [0.25, 0.3) is 0 Å². The summed E-state index contributed by atoms with van der Waals surface area (Å²) >= 11 is 0. The zero-order valence-electron chi connectivity index (χ0n) is 18.9. The predicted molar refractivity (Wildman–Crippen MR) is 140 cm³/mol. The summed E-state index contributed by atoms with van der Waals surface area (Å²) < 4.78 is 17.1. The Morgan fingerprint density at radius 2 is 1.72 bits per heavy atom. The van der Waals surface area contributed by atoms with Crippen LogP contribution in [0.1, 0.15) is 30.4 Å². The van der Waals surface area contributed by atoms with E-state index in [0.717, 1.165) is 69.5 Å². The molecular weight excluding hydrogens is 517 g/mol. The third-order valence-corrected chi connectivity index (χ3v) is 5.38. The molecule has 6 nitrogen and oxygen atoms in total. The Balaban J connectivity index is 0.00000363. The highest BCUT2D eigenvalue weighted by molar-refractivity contribution is 14.0. The number of hydrogen-bond acceptors (Lipinski definition) is 4. The molecule has 1 aliphatic heterocycles. The maximum Gasteiger partial charge on any atom is 0.191 e. The van der Waals surface area contributed by atoms with Crippen LogP contribution in [0.5, 0.6) is 5.75 Å². The highest BCUT2D eigenvalue weighted by atomic mass is 127. The fourth-order valence-electron chi connectivity index (χ4n) is 3.49. The van der Waals surface area contributed by atoms with Crippen LogP contribution >= 0.6 is 24.0 Å². The first-order valence-electron chi connectivity index (χ1n) is 11.2. The van der Waals surface area contributed by atoms with E-state index < -0.39 is 0 Å². The lowest BCUT2D eigenvalue weighted by Crippen LogP contribution is -2.37. The summed E-state index contributed by atoms with van der Waals surface area (Å²) in [6.07, 6.45) is 3.19. The summed E-state index contributed by atoms with van der Waals surface area (Å²) in [6.45, 7) is 5.41. The molecule has 1 aliphatic rings. The van der Waals surface area contributed by atoms with E-state index in [1.54, 1.807) is 7.05 Å². The van der Waals surface area contributed by atoms with Crippen molar-refractivity contribution in [2.75, 3.05) is 40.0 Å². The van der Waals surface area contributed by atoms with Gasteiger partial charge in [-0.25, -0.2) is 0 Å². The Morgan fingerprint density at radius 1 is 1.00 bits per heavy atom. The summed E-state index contributed by atoms with van der Waals surface area (Å²) in [4.78, 5) is 4.33. The number of para-hydroxylation sites is 1. The minimum atomic E-state index is 0. The lowest BCUT2D eigenvalue weighted by atomic mass is 10.0. The molecule has 1 fully saturated rings. The van der Waals surface area contributed by atoms with Crippen LogP contribution in [0.15, 0.2) is 59.6 Å². The van der Waals surface area contributed by atoms with Crippen molar-refractivity contribution in [2.45, 2.75) is 32.4 Å². The average molecular weight is 553 g/mol. The third-order valence-electron chi connectivity index (χ3n) is 5.38. The smallest absolute Gasteiger partial charge is 0.191 e. The van der Waals surface area contributed by atoms with Crippen molar-refractivity contribution < 1.29 is 14.2 Å². The summed E-state index contributed by atoms with van der Waals surface area (Å²) in [5.41, 5.74) is 2.36. The number of guanidine groups is 1. The molecule has 0 amide bonds. The number of nitrogens with one attached hydrogen (secondary N) is 2. The molecule has 0 unspecified atom stereocenters. The van der Waals surface area contributed by atoms with Gasteiger partial charge in [-0.15, -0.1) is 24.0 Å². The molecule has 0 bridgehead atoms. The van der Waals surface area contributed by atoms with Crippen LogP contribution in [-0.4, -0.2) is 46.0 Å². The summed E-state index contributed by atoms with van der Waals surface area (Å²) in [5.74, 6) is 2.33. The van der Waals surface area contributed by atoms with Crippen LogP contribution in [-0.2, 0) is 22.6 Å². The first-order chi connectivity index (χ1) is 15.3. The second-order valence-electron chi connectivity index (χ2n) is 7.71. The number of halogens is 1. The van der Waals surface area contributed by atoms with E-state index in [0.29, 0.717) is 19.1 Å². The molecule has 2 aromatic rings. The normalized spacial score (nSPS) is 14.5. The number of hydrogen-bond donors (Lipinski definition) is 2. The number of benzene rings is 2. The molecule has 3 rings (SSSR count). The van der Waals surface area contributed by atoms with Gasteiger partial charge >= 0.3 is 0 Å². The van der Waals surface area contributed by atoms with Crippen molar-refractivity contribution in [2.24, 2.45) is 10.9 Å². The molecule has 0 aliphatic carbocycles. The van der Waals surface area contributed by atoms with E-state index in [1.165, 1.54) is 5.56 Å². The standard InChI is InChI=1S/C25H35N3O3.HI/c1-26-25(27-14-7-15-30-19-21-12-16-29-17-13-21)28-18-22-8-5-6-9-23(22)20-31-24-10-3-2-4-11-24;/h2-6,8-11,21H,7,12-20H2,1H3,(H2,26,27,28);1H. The van der Waals surface area contributed by atoms with Crippen molar-refractivity contribution in [3.63, 3.8) is 0 Å². The van der Waals surface area contributed by atoms with Crippen LogP contribution in [0.3, 0.4) is 0 Å². The van der Waals surface area contributed by atoms with Crippen molar-refractivity contribution in [1.82, 2.24) is 10.6 Å². The van der Waals surface area contributed by atoms with Crippen molar-refractivity contribution in [3.05, 3.63) is 65.7 Å². The van der Waals surface area contributed by atoms with Crippen LogP contribution in [0, 0.1) is 5.92 Å². The average Bonchev–Trinajstić information content (AvgIpc) is 2.83. The Bertz CT molecular complexity index is 783. The summed E-state index contributed by atoms with van der Waals surface area (Å²) in [5, 5.41) is 6.76. The van der Waals surface area contributed by atoms with Crippen molar-refractivity contribution in [1.29, 1.82) is 0 Å². The number of ether oxygens (including phenoxy) is 3. The molecule has 0 spiro atoms. The highest BCUT2D eigenvalue weighted by Crippen LogP contribution is 2.15. The van der Waals surface area contributed by atoms with Gasteiger partial charge in [0, 0.05) is 46.6 Å². The molecule has 176 valence electrons. The van der Waals surface area contributed by atoms with Crippen molar-refractivity contribution >= 4 is 29.9 Å². The molecule has 32 heavy (non-hydrogen) atoms. The minimum absolute atomic E-state index is 0. The lowest BCUT2D eigenvalue weighted by Gasteiger charge is -2.21. The Morgan fingerprint density at radius 3 is 2.47 bits per heavy atom. The molecule has 0 aromatic heterocycles. The van der Waals surface area contributed by atoms with Crippen LogP contribution in [0.2, 0.25) is 0 Å². The second kappa shape index (κ2) is 15.9. The molecule has 2 aromatic carbocycles. The van der Waals surface area contributed by atoms with E-state index >= 15 is 0 Å². The van der Waals surface area contributed by atoms with E-state index in [1.807, 2.05) is 36.4 Å². The highest BCUT2D eigenvalue weighted by Gasteiger charge is 2.13. The fourth-order valence-corrected chi connectivity index (χ4v) is 3.49. The van der Waals surface area contributed by atoms with Gasteiger partial charge in [0.05, 0.1) is 0 Å². The predicted octanol–water partition coefficient (Wildman–Crippen LogP) is 4.38. The Hall–Kier alpha value is -1.84. The Labute approximate surface area is 209 Å². The number of rotatable bonds is 11. The number of aliphatic imine (C=N–C) groups is 1. The Kier molecular flexibility index (Phi) is 13.1. The zero-order valence-corrected chi connectivity index (χ0v) is 21.3. The van der Waals surface area contributed by atoms with Gasteiger partial charge in [-0.1, -0.05) is 42.5 Å². The minimum Gasteiger partial charge on any atom is -0.489 e. The molecule has 7 heteroatoms. The first kappa shape index (κ1) is 26.4. The molecule has 0 atom stereocenters. The SMILES string of the molecule is CN=C(NCCCOCC1CCOCC1)NCc1ccccc1COc1ccccc1.I. The number of nitrogens with zero attached hydrogens (tertiary/aromatic N) is 1. The monoisotopic (exact) mass is 553 g/mol. The maximum atomic E-state index is 5.92. The van der Waals surface area contributed by atoms with E-state index in [9.17, 15) is 0 Å². The topological polar surface area (TPSA) is 64.1 Å². The third kappa shape index (κ3) is 9.75. The largest absolute Gasteiger partial charge is 0.489 e. The van der Waals surface area contributed by atoms with E-state index in [-0.39, 0.29) is 24.0 Å². The van der Waals surface area contributed by atoms with Gasteiger partial charge in [-0.05, 0) is 48.4 Å². The first-order valence-corrected chi connectivity index (χ1v) is 11.2. The van der Waals surface area contributed by atoms with E-state index in [2.05, 4.69) is 33.8 Å². The molecule has 1 heterocycles. The molecule has 2 N–H and O–H groups in total. The zero-order chi connectivity index (χ0) is 21.6. The van der Waals surface area contributed by atoms with Crippen LogP contribution in [0.25, 0.3) is 0 Å². The quantitative estimate of drug-likeness (QED) is 0.187. The van der Waals surface area contributed by atoms with Gasteiger partial charge < -0.3 is 24.8 Å². The van der Waals surface area contributed by atoms with Gasteiger partial charge in [0.1, 0.15) is 12.4 Å². The van der Waals surface area contributed by atoms with E-state index in [4.69, 9.17) is 14.2 Å². The second-order valence-corrected chi connectivity index (χ2v) is 7.71. The van der Waals surface area contributed by atoms with Crippen molar-refractivity contribution in [3.8, 4) is 5.75 Å². The molecule has 0 saturated carbocycles.